The molecular weight excluding hydrogens is 226 g/mol. The van der Waals surface area contributed by atoms with Gasteiger partial charge >= 0.3 is 0 Å². The van der Waals surface area contributed by atoms with Crippen LogP contribution in [0, 0.1) is 6.92 Å². The van der Waals surface area contributed by atoms with Gasteiger partial charge in [-0.15, -0.1) is 0 Å². The summed E-state index contributed by atoms with van der Waals surface area (Å²) in [7, 11) is 0. The van der Waals surface area contributed by atoms with Gasteiger partial charge in [-0.05, 0) is 25.0 Å². The van der Waals surface area contributed by atoms with Crippen molar-refractivity contribution in [2.24, 2.45) is 0 Å². The van der Waals surface area contributed by atoms with E-state index in [0.717, 1.165) is 23.5 Å². The quantitative estimate of drug-likeness (QED) is 0.806. The molecule has 2 aromatic rings. The Labute approximate surface area is 107 Å². The molecule has 0 spiro atoms. The number of carbonyl (C=O) groups excluding carboxylic acids is 1. The van der Waals surface area contributed by atoms with Crippen molar-refractivity contribution < 1.29 is 4.79 Å². The Morgan fingerprint density at radius 3 is 2.78 bits per heavy atom. The molecule has 94 valence electrons. The van der Waals surface area contributed by atoms with E-state index in [1.807, 2.05) is 38.1 Å². The number of ketones is 1. The number of hydrogen-bond acceptors (Lipinski definition) is 3. The van der Waals surface area contributed by atoms with Crippen LogP contribution in [0.25, 0.3) is 0 Å². The smallest absolute Gasteiger partial charge is 0.144 e. The van der Waals surface area contributed by atoms with Crippen LogP contribution < -0.4 is 0 Å². The molecule has 0 unspecified atom stereocenters. The van der Waals surface area contributed by atoms with Gasteiger partial charge in [0.05, 0.1) is 6.42 Å². The number of nitrogens with zero attached hydrogens (tertiary/aromatic N) is 3. The normalized spacial score (nSPS) is 10.6. The maximum absolute atomic E-state index is 12.0. The summed E-state index contributed by atoms with van der Waals surface area (Å²) in [6.07, 6.45) is 2.31. The van der Waals surface area contributed by atoms with Gasteiger partial charge in [-0.25, -0.2) is 9.67 Å². The van der Waals surface area contributed by atoms with Crippen LogP contribution in [0.5, 0.6) is 0 Å². The van der Waals surface area contributed by atoms with Crippen molar-refractivity contribution in [3.05, 3.63) is 47.5 Å². The van der Waals surface area contributed by atoms with Crippen molar-refractivity contribution in [1.29, 1.82) is 0 Å². The van der Waals surface area contributed by atoms with Gasteiger partial charge in [0, 0.05) is 13.0 Å². The highest BCUT2D eigenvalue weighted by Gasteiger charge is 2.11. The number of Topliss-reactive ketones (excluding diaryl/α,β-unsaturated/α-hetero) is 1. The Balaban J connectivity index is 2.04. The van der Waals surface area contributed by atoms with Gasteiger partial charge in [0.2, 0.25) is 0 Å². The van der Waals surface area contributed by atoms with Crippen molar-refractivity contribution >= 4 is 5.78 Å². The molecule has 4 nitrogen and oxygen atoms in total. The zero-order valence-corrected chi connectivity index (χ0v) is 10.8. The molecule has 1 heterocycles. The minimum Gasteiger partial charge on any atom is -0.299 e. The van der Waals surface area contributed by atoms with Crippen LogP contribution in [-0.2, 0) is 24.2 Å². The zero-order chi connectivity index (χ0) is 13.0. The van der Waals surface area contributed by atoms with Crippen LogP contribution >= 0.6 is 0 Å². The van der Waals surface area contributed by atoms with Crippen LogP contribution in [0.1, 0.15) is 23.9 Å². The van der Waals surface area contributed by atoms with E-state index >= 15 is 0 Å². The Bertz CT molecular complexity index is 545. The van der Waals surface area contributed by atoms with Crippen LogP contribution in [0.15, 0.2) is 30.6 Å². The van der Waals surface area contributed by atoms with Crippen molar-refractivity contribution in [2.45, 2.75) is 33.2 Å². The highest BCUT2D eigenvalue weighted by Crippen LogP contribution is 2.09. The van der Waals surface area contributed by atoms with E-state index in [2.05, 4.69) is 10.1 Å². The molecule has 0 atom stereocenters. The lowest BCUT2D eigenvalue weighted by Crippen LogP contribution is -2.13. The fourth-order valence-corrected chi connectivity index (χ4v) is 1.95. The van der Waals surface area contributed by atoms with Gasteiger partial charge in [0.1, 0.15) is 17.9 Å². The molecule has 0 saturated heterocycles. The molecule has 4 heteroatoms. The summed E-state index contributed by atoms with van der Waals surface area (Å²) >= 11 is 0. The first kappa shape index (κ1) is 12.5. The predicted molar refractivity (Wildman–Crippen MR) is 69.3 cm³/mol. The fourth-order valence-electron chi connectivity index (χ4n) is 1.95. The summed E-state index contributed by atoms with van der Waals surface area (Å²) in [4.78, 5) is 16.1. The molecule has 0 bridgehead atoms. The minimum atomic E-state index is 0.173. The van der Waals surface area contributed by atoms with E-state index in [0.29, 0.717) is 12.8 Å². The standard InChI is InChI=1S/C14H17N3O/c1-3-17-14(15-10-16-17)9-13(18)8-12-7-5-4-6-11(12)2/h4-7,10H,3,8-9H2,1-2H3. The molecule has 1 aromatic carbocycles. The molecule has 18 heavy (non-hydrogen) atoms. The van der Waals surface area contributed by atoms with E-state index < -0.39 is 0 Å². The van der Waals surface area contributed by atoms with Crippen LogP contribution in [0.3, 0.4) is 0 Å². The first-order valence-corrected chi connectivity index (χ1v) is 6.13. The number of aryl methyl sites for hydroxylation is 2. The molecule has 2 rings (SSSR count). The molecule has 0 saturated carbocycles. The molecule has 1 aromatic heterocycles. The molecule has 0 radical (unpaired) electrons. The van der Waals surface area contributed by atoms with Crippen molar-refractivity contribution in [1.82, 2.24) is 14.8 Å². The summed E-state index contributed by atoms with van der Waals surface area (Å²) in [5.41, 5.74) is 2.24. The highest BCUT2D eigenvalue weighted by atomic mass is 16.1. The summed E-state index contributed by atoms with van der Waals surface area (Å²) in [5, 5.41) is 4.07. The lowest BCUT2D eigenvalue weighted by Gasteiger charge is -2.05. The predicted octanol–water partition coefficient (Wildman–Crippen LogP) is 1.96. The third kappa shape index (κ3) is 2.83. The van der Waals surface area contributed by atoms with Crippen molar-refractivity contribution in [3.8, 4) is 0 Å². The average molecular weight is 243 g/mol. The average Bonchev–Trinajstić information content (AvgIpc) is 2.79. The summed E-state index contributed by atoms with van der Waals surface area (Å²) in [5.74, 6) is 0.920. The first-order valence-electron chi connectivity index (χ1n) is 6.13. The van der Waals surface area contributed by atoms with Gasteiger partial charge in [-0.3, -0.25) is 4.79 Å². The third-order valence-electron chi connectivity index (χ3n) is 3.00. The van der Waals surface area contributed by atoms with Crippen LogP contribution in [-0.4, -0.2) is 20.5 Å². The molecule has 0 fully saturated rings. The lowest BCUT2D eigenvalue weighted by atomic mass is 10.0. The van der Waals surface area contributed by atoms with Crippen molar-refractivity contribution in [3.63, 3.8) is 0 Å². The summed E-state index contributed by atoms with van der Waals surface area (Å²) in [6.45, 7) is 4.76. The van der Waals surface area contributed by atoms with Gasteiger partial charge in [0.25, 0.3) is 0 Å². The minimum absolute atomic E-state index is 0.173. The number of hydrogen-bond donors (Lipinski definition) is 0. The number of benzene rings is 1. The number of aromatic nitrogens is 3. The third-order valence-corrected chi connectivity index (χ3v) is 3.00. The second-order valence-corrected chi connectivity index (χ2v) is 4.31. The van der Waals surface area contributed by atoms with E-state index in [9.17, 15) is 4.79 Å². The molecule has 0 aliphatic heterocycles. The molecular formula is C14H17N3O. The topological polar surface area (TPSA) is 47.8 Å². The van der Waals surface area contributed by atoms with Crippen molar-refractivity contribution in [2.75, 3.05) is 0 Å². The largest absolute Gasteiger partial charge is 0.299 e. The summed E-state index contributed by atoms with van der Waals surface area (Å²) < 4.78 is 1.76. The van der Waals surface area contributed by atoms with E-state index in [-0.39, 0.29) is 5.78 Å². The summed E-state index contributed by atoms with van der Waals surface area (Å²) in [6, 6.07) is 7.97. The maximum atomic E-state index is 12.0. The molecule has 0 amide bonds. The molecule has 0 aliphatic rings. The van der Waals surface area contributed by atoms with Crippen LogP contribution in [0.4, 0.5) is 0 Å². The Morgan fingerprint density at radius 1 is 1.28 bits per heavy atom. The zero-order valence-electron chi connectivity index (χ0n) is 10.8. The van der Waals surface area contributed by atoms with Crippen LogP contribution in [0.2, 0.25) is 0 Å². The van der Waals surface area contributed by atoms with E-state index in [4.69, 9.17) is 0 Å². The molecule has 0 N–H and O–H groups in total. The fraction of sp³-hybridized carbons (Fsp3) is 0.357. The van der Waals surface area contributed by atoms with Gasteiger partial charge in [-0.2, -0.15) is 5.10 Å². The molecule has 0 aliphatic carbocycles. The first-order chi connectivity index (χ1) is 8.70. The SMILES string of the molecule is CCn1ncnc1CC(=O)Cc1ccccc1C. The van der Waals surface area contributed by atoms with Gasteiger partial charge in [-0.1, -0.05) is 24.3 Å². The highest BCUT2D eigenvalue weighted by molar-refractivity contribution is 5.82. The number of carbonyl (C=O) groups is 1. The second-order valence-electron chi connectivity index (χ2n) is 4.31. The van der Waals surface area contributed by atoms with E-state index in [1.165, 1.54) is 6.33 Å². The second kappa shape index (κ2) is 5.58. The lowest BCUT2D eigenvalue weighted by molar-refractivity contribution is -0.117. The van der Waals surface area contributed by atoms with E-state index in [1.54, 1.807) is 4.68 Å². The monoisotopic (exact) mass is 243 g/mol. The Morgan fingerprint density at radius 2 is 2.06 bits per heavy atom. The van der Waals surface area contributed by atoms with Gasteiger partial charge < -0.3 is 0 Å². The number of rotatable bonds is 5. The maximum Gasteiger partial charge on any atom is 0.144 e. The van der Waals surface area contributed by atoms with Gasteiger partial charge in [0.15, 0.2) is 0 Å². The Hall–Kier alpha value is -1.97. The Kier molecular flexibility index (Phi) is 3.87.